The second-order valence-electron chi connectivity index (χ2n) is 6.56. The molecule has 0 saturated carbocycles. The average molecular weight is 359 g/mol. The topological polar surface area (TPSA) is 93.4 Å². The fraction of sp³-hybridized carbons (Fsp3) is 0.421. The molecule has 0 aliphatic heterocycles. The molecule has 2 aromatic rings. The molecule has 0 radical (unpaired) electrons. The van der Waals surface area contributed by atoms with Crippen LogP contribution in [0, 0.1) is 12.8 Å². The van der Waals surface area contributed by atoms with Crippen LogP contribution in [-0.2, 0) is 13.0 Å². The third-order valence-electron chi connectivity index (χ3n) is 4.10. The number of rotatable bonds is 8. The molecule has 0 aliphatic carbocycles. The van der Waals surface area contributed by atoms with Gasteiger partial charge in [-0.3, -0.25) is 9.48 Å². The molecule has 0 atom stereocenters. The predicted octanol–water partition coefficient (Wildman–Crippen LogP) is 2.53. The molecule has 1 aromatic carbocycles. The van der Waals surface area contributed by atoms with Crippen LogP contribution in [0.15, 0.2) is 24.4 Å². The Kier molecular flexibility index (Phi) is 6.38. The summed E-state index contributed by atoms with van der Waals surface area (Å²) in [5.41, 5.74) is 2.42. The Morgan fingerprint density at radius 3 is 2.69 bits per heavy atom. The highest BCUT2D eigenvalue weighted by Crippen LogP contribution is 2.20. The molecule has 1 amide bonds. The van der Waals surface area contributed by atoms with Gasteiger partial charge in [-0.25, -0.2) is 4.79 Å². The van der Waals surface area contributed by atoms with Gasteiger partial charge < -0.3 is 15.2 Å². The van der Waals surface area contributed by atoms with Crippen LogP contribution in [0.3, 0.4) is 0 Å². The Balaban J connectivity index is 1.98. The largest absolute Gasteiger partial charge is 0.496 e. The zero-order valence-electron chi connectivity index (χ0n) is 15.6. The Morgan fingerprint density at radius 2 is 2.08 bits per heavy atom. The SMILES string of the molecule is COc1cc(C(=O)O)ccc1CCNC(=O)c1cnn(CC(C)C)c1C. The van der Waals surface area contributed by atoms with E-state index in [1.54, 1.807) is 12.3 Å². The number of carboxylic acids is 1. The van der Waals surface area contributed by atoms with Crippen molar-refractivity contribution in [3.63, 3.8) is 0 Å². The van der Waals surface area contributed by atoms with Crippen LogP contribution in [0.25, 0.3) is 0 Å². The highest BCUT2D eigenvalue weighted by molar-refractivity contribution is 5.95. The number of hydrogen-bond acceptors (Lipinski definition) is 4. The lowest BCUT2D eigenvalue weighted by molar-refractivity contribution is 0.0696. The van der Waals surface area contributed by atoms with Gasteiger partial charge in [-0.2, -0.15) is 5.10 Å². The number of hydrogen-bond donors (Lipinski definition) is 2. The number of carbonyl (C=O) groups excluding carboxylic acids is 1. The standard InChI is InChI=1S/C19H25N3O4/c1-12(2)11-22-13(3)16(10-21-22)18(23)20-8-7-14-5-6-15(19(24)25)9-17(14)26-4/h5-6,9-10,12H,7-8,11H2,1-4H3,(H,20,23)(H,24,25). The second-order valence-corrected chi connectivity index (χ2v) is 6.56. The number of aromatic nitrogens is 2. The van der Waals surface area contributed by atoms with Gasteiger partial charge in [-0.05, 0) is 37.0 Å². The Labute approximate surface area is 153 Å². The summed E-state index contributed by atoms with van der Waals surface area (Å²) in [5, 5.41) is 16.2. The van der Waals surface area contributed by atoms with E-state index >= 15 is 0 Å². The molecule has 7 nitrogen and oxygen atoms in total. The predicted molar refractivity (Wildman–Crippen MR) is 97.8 cm³/mol. The molecular formula is C19H25N3O4. The van der Waals surface area contributed by atoms with E-state index in [-0.39, 0.29) is 11.5 Å². The van der Waals surface area contributed by atoms with Gasteiger partial charge >= 0.3 is 5.97 Å². The summed E-state index contributed by atoms with van der Waals surface area (Å²) in [6.45, 7) is 7.27. The van der Waals surface area contributed by atoms with E-state index in [0.717, 1.165) is 17.8 Å². The summed E-state index contributed by atoms with van der Waals surface area (Å²) in [6, 6.07) is 4.72. The molecule has 26 heavy (non-hydrogen) atoms. The number of methoxy groups -OCH3 is 1. The lowest BCUT2D eigenvalue weighted by Gasteiger charge is -2.11. The van der Waals surface area contributed by atoms with E-state index in [1.807, 2.05) is 11.6 Å². The van der Waals surface area contributed by atoms with Gasteiger partial charge in [0, 0.05) is 18.8 Å². The van der Waals surface area contributed by atoms with E-state index < -0.39 is 5.97 Å². The molecule has 0 spiro atoms. The van der Waals surface area contributed by atoms with Gasteiger partial charge in [0.05, 0.1) is 24.4 Å². The van der Waals surface area contributed by atoms with E-state index in [1.165, 1.54) is 19.2 Å². The summed E-state index contributed by atoms with van der Waals surface area (Å²) >= 11 is 0. The Morgan fingerprint density at radius 1 is 1.35 bits per heavy atom. The summed E-state index contributed by atoms with van der Waals surface area (Å²) in [4.78, 5) is 23.4. The van der Waals surface area contributed by atoms with E-state index in [9.17, 15) is 9.59 Å². The van der Waals surface area contributed by atoms with Crippen molar-refractivity contribution in [3.8, 4) is 5.75 Å². The van der Waals surface area contributed by atoms with Crippen LogP contribution in [-0.4, -0.2) is 40.4 Å². The first-order valence-electron chi connectivity index (χ1n) is 8.54. The number of carbonyl (C=O) groups is 2. The number of amides is 1. The molecular weight excluding hydrogens is 334 g/mol. The quantitative estimate of drug-likeness (QED) is 0.755. The van der Waals surface area contributed by atoms with E-state index in [2.05, 4.69) is 24.3 Å². The van der Waals surface area contributed by atoms with Crippen molar-refractivity contribution in [2.24, 2.45) is 5.92 Å². The molecule has 1 aromatic heterocycles. The van der Waals surface area contributed by atoms with Gasteiger partial charge in [-0.1, -0.05) is 19.9 Å². The van der Waals surface area contributed by atoms with Crippen molar-refractivity contribution in [1.29, 1.82) is 0 Å². The first-order valence-corrected chi connectivity index (χ1v) is 8.54. The number of benzene rings is 1. The monoisotopic (exact) mass is 359 g/mol. The van der Waals surface area contributed by atoms with Gasteiger partial charge in [0.15, 0.2) is 0 Å². The minimum Gasteiger partial charge on any atom is -0.496 e. The van der Waals surface area contributed by atoms with Crippen LogP contribution in [0.1, 0.15) is 45.8 Å². The lowest BCUT2D eigenvalue weighted by Crippen LogP contribution is -2.26. The number of nitrogens with zero attached hydrogens (tertiary/aromatic N) is 2. The molecule has 0 aliphatic rings. The van der Waals surface area contributed by atoms with Gasteiger partial charge in [-0.15, -0.1) is 0 Å². The highest BCUT2D eigenvalue weighted by atomic mass is 16.5. The Hall–Kier alpha value is -2.83. The molecule has 2 N–H and O–H groups in total. The zero-order chi connectivity index (χ0) is 19.3. The third-order valence-corrected chi connectivity index (χ3v) is 4.10. The number of nitrogens with one attached hydrogen (secondary N) is 1. The van der Waals surface area contributed by atoms with Gasteiger partial charge in [0.25, 0.3) is 5.91 Å². The molecule has 0 bridgehead atoms. The fourth-order valence-electron chi connectivity index (χ4n) is 2.69. The molecule has 0 saturated heterocycles. The Bertz CT molecular complexity index is 796. The average Bonchev–Trinajstić information content (AvgIpc) is 2.95. The second kappa shape index (κ2) is 8.51. The van der Waals surface area contributed by atoms with E-state index in [4.69, 9.17) is 9.84 Å². The third kappa shape index (κ3) is 4.62. The van der Waals surface area contributed by atoms with Crippen LogP contribution in [0.5, 0.6) is 5.75 Å². The number of carboxylic acid groups (broad SMARTS) is 1. The molecule has 2 rings (SSSR count). The zero-order valence-corrected chi connectivity index (χ0v) is 15.6. The number of aromatic carboxylic acids is 1. The van der Waals surface area contributed by atoms with Crippen molar-refractivity contribution < 1.29 is 19.4 Å². The highest BCUT2D eigenvalue weighted by Gasteiger charge is 2.15. The smallest absolute Gasteiger partial charge is 0.335 e. The maximum atomic E-state index is 12.4. The van der Waals surface area contributed by atoms with Gasteiger partial charge in [0.1, 0.15) is 5.75 Å². The minimum absolute atomic E-state index is 0.168. The first kappa shape index (κ1) is 19.5. The summed E-state index contributed by atoms with van der Waals surface area (Å²) < 4.78 is 7.09. The molecule has 0 fully saturated rings. The maximum Gasteiger partial charge on any atom is 0.335 e. The summed E-state index contributed by atoms with van der Waals surface area (Å²) in [6.07, 6.45) is 2.13. The molecule has 0 unspecified atom stereocenters. The molecule has 1 heterocycles. The fourth-order valence-corrected chi connectivity index (χ4v) is 2.69. The lowest BCUT2D eigenvalue weighted by atomic mass is 10.1. The van der Waals surface area contributed by atoms with Crippen molar-refractivity contribution in [2.75, 3.05) is 13.7 Å². The normalized spacial score (nSPS) is 10.8. The van der Waals surface area contributed by atoms with Crippen molar-refractivity contribution in [3.05, 3.63) is 46.8 Å². The summed E-state index contributed by atoms with van der Waals surface area (Å²) in [7, 11) is 1.50. The maximum absolute atomic E-state index is 12.4. The minimum atomic E-state index is -1.00. The van der Waals surface area contributed by atoms with Crippen molar-refractivity contribution >= 4 is 11.9 Å². The van der Waals surface area contributed by atoms with E-state index in [0.29, 0.717) is 30.2 Å². The molecule has 140 valence electrons. The van der Waals surface area contributed by atoms with Crippen molar-refractivity contribution in [2.45, 2.75) is 33.7 Å². The van der Waals surface area contributed by atoms with Crippen LogP contribution in [0.2, 0.25) is 0 Å². The summed E-state index contributed by atoms with van der Waals surface area (Å²) in [5.74, 6) is -0.221. The number of ether oxygens (including phenoxy) is 1. The van der Waals surface area contributed by atoms with Crippen molar-refractivity contribution in [1.82, 2.24) is 15.1 Å². The van der Waals surface area contributed by atoms with Crippen LogP contribution >= 0.6 is 0 Å². The van der Waals surface area contributed by atoms with Crippen LogP contribution in [0.4, 0.5) is 0 Å². The first-order chi connectivity index (χ1) is 12.3. The van der Waals surface area contributed by atoms with Gasteiger partial charge in [0.2, 0.25) is 0 Å². The molecule has 7 heteroatoms. The van der Waals surface area contributed by atoms with Crippen LogP contribution < -0.4 is 10.1 Å².